The summed E-state index contributed by atoms with van der Waals surface area (Å²) < 4.78 is 56.8. The van der Waals surface area contributed by atoms with Gasteiger partial charge in [-0.2, -0.15) is 13.2 Å². The molecule has 3 nitrogen and oxygen atoms in total. The Morgan fingerprint density at radius 2 is 1.73 bits per heavy atom. The number of ketones is 2. The van der Waals surface area contributed by atoms with E-state index in [1.165, 1.54) is 12.1 Å². The van der Waals surface area contributed by atoms with Crippen LogP contribution in [0.25, 0.3) is 6.08 Å². The number of alkyl halides is 3. The lowest BCUT2D eigenvalue weighted by atomic mass is 9.72. The number of fused-ring (bicyclic) bond motifs is 1. The third kappa shape index (κ3) is 4.12. The van der Waals surface area contributed by atoms with Crippen LogP contribution in [0.4, 0.5) is 17.6 Å². The molecule has 0 aliphatic heterocycles. The van der Waals surface area contributed by atoms with E-state index >= 15 is 0 Å². The predicted molar refractivity (Wildman–Crippen MR) is 116 cm³/mol. The van der Waals surface area contributed by atoms with Crippen molar-refractivity contribution in [2.24, 2.45) is 5.92 Å². The number of hydrogen-bond donors (Lipinski definition) is 1. The van der Waals surface area contributed by atoms with E-state index in [0.717, 1.165) is 24.3 Å². The van der Waals surface area contributed by atoms with Gasteiger partial charge >= 0.3 is 6.18 Å². The van der Waals surface area contributed by atoms with Gasteiger partial charge < -0.3 is 5.11 Å². The Balaban J connectivity index is 1.80. The molecule has 2 aromatic rings. The first-order valence-corrected chi connectivity index (χ1v) is 10.7. The summed E-state index contributed by atoms with van der Waals surface area (Å²) in [5.74, 6) is -4.96. The van der Waals surface area contributed by atoms with Gasteiger partial charge in [0.25, 0.3) is 0 Å². The molecule has 0 aromatic heterocycles. The van der Waals surface area contributed by atoms with Gasteiger partial charge in [-0.3, -0.25) is 9.59 Å². The standard InChI is InChI=1S/C26H22F4O3/c1-2-21(31)15-11-9-14(10-12-15)16-5-3-6-17-18(16)13-19(26(28,29)30)23(25(17)33)24-20(27)7-4-8-22(24)32/h2-8,13-15,23,32H,1,9-12H2. The molecule has 1 atom stereocenters. The van der Waals surface area contributed by atoms with Crippen molar-refractivity contribution in [2.45, 2.75) is 43.7 Å². The van der Waals surface area contributed by atoms with Crippen LogP contribution >= 0.6 is 0 Å². The number of Topliss-reactive ketones (excluding diaryl/α,β-unsaturated/α-hetero) is 1. The van der Waals surface area contributed by atoms with Crippen molar-refractivity contribution in [1.82, 2.24) is 0 Å². The van der Waals surface area contributed by atoms with Crippen molar-refractivity contribution in [3.05, 3.63) is 82.7 Å². The number of phenolic OH excluding ortho intramolecular Hbond substituents is 1. The van der Waals surface area contributed by atoms with Gasteiger partial charge in [-0.05, 0) is 67.0 Å². The van der Waals surface area contributed by atoms with E-state index in [1.807, 2.05) is 0 Å². The van der Waals surface area contributed by atoms with Gasteiger partial charge in [-0.1, -0.05) is 30.8 Å². The number of halogens is 4. The van der Waals surface area contributed by atoms with Crippen molar-refractivity contribution in [3.63, 3.8) is 0 Å². The zero-order valence-corrected chi connectivity index (χ0v) is 17.7. The number of carbonyl (C=O) groups excluding carboxylic acids is 2. The molecule has 2 aliphatic carbocycles. The molecule has 1 saturated carbocycles. The van der Waals surface area contributed by atoms with E-state index in [2.05, 4.69) is 6.58 Å². The maximum absolute atomic E-state index is 14.5. The van der Waals surface area contributed by atoms with Crippen molar-refractivity contribution < 1.29 is 32.3 Å². The quantitative estimate of drug-likeness (QED) is 0.421. The van der Waals surface area contributed by atoms with Crippen LogP contribution in [0.15, 0.2) is 54.6 Å². The number of hydrogen-bond acceptors (Lipinski definition) is 3. The number of aromatic hydroxyl groups is 1. The molecular formula is C26H22F4O3. The second kappa shape index (κ2) is 8.61. The summed E-state index contributed by atoms with van der Waals surface area (Å²) in [7, 11) is 0. The zero-order chi connectivity index (χ0) is 23.9. The Hall–Kier alpha value is -3.22. The normalized spacial score (nSPS) is 23.0. The van der Waals surface area contributed by atoms with Crippen LogP contribution in [0.2, 0.25) is 0 Å². The van der Waals surface area contributed by atoms with Crippen LogP contribution in [0.3, 0.4) is 0 Å². The van der Waals surface area contributed by atoms with Crippen molar-refractivity contribution in [2.75, 3.05) is 0 Å². The molecule has 1 N–H and O–H groups in total. The highest BCUT2D eigenvalue weighted by Crippen LogP contribution is 2.49. The first-order valence-electron chi connectivity index (χ1n) is 10.7. The third-order valence-corrected chi connectivity index (χ3v) is 6.69. The summed E-state index contributed by atoms with van der Waals surface area (Å²) in [4.78, 5) is 25.2. The van der Waals surface area contributed by atoms with E-state index in [0.29, 0.717) is 31.2 Å². The minimum atomic E-state index is -4.91. The van der Waals surface area contributed by atoms with Crippen molar-refractivity contribution in [1.29, 1.82) is 0 Å². The van der Waals surface area contributed by atoms with E-state index in [9.17, 15) is 32.3 Å². The summed E-state index contributed by atoms with van der Waals surface area (Å²) >= 11 is 0. The molecule has 1 fully saturated rings. The topological polar surface area (TPSA) is 54.4 Å². The molecule has 0 radical (unpaired) electrons. The predicted octanol–water partition coefficient (Wildman–Crippen LogP) is 6.49. The molecule has 0 heterocycles. The van der Waals surface area contributed by atoms with E-state index in [4.69, 9.17) is 0 Å². The molecule has 4 rings (SSSR count). The monoisotopic (exact) mass is 458 g/mol. The average molecular weight is 458 g/mol. The largest absolute Gasteiger partial charge is 0.508 e. The van der Waals surface area contributed by atoms with Crippen LogP contribution in [0.5, 0.6) is 5.75 Å². The molecule has 172 valence electrons. The first kappa shape index (κ1) is 23.0. The van der Waals surface area contributed by atoms with Gasteiger partial charge in [0.15, 0.2) is 11.6 Å². The highest BCUT2D eigenvalue weighted by atomic mass is 19.4. The van der Waals surface area contributed by atoms with Gasteiger partial charge in [0.05, 0.1) is 5.92 Å². The second-order valence-corrected chi connectivity index (χ2v) is 8.53. The van der Waals surface area contributed by atoms with E-state index < -0.39 is 40.6 Å². The molecule has 0 spiro atoms. The fourth-order valence-electron chi connectivity index (χ4n) is 5.05. The second-order valence-electron chi connectivity index (χ2n) is 8.53. The van der Waals surface area contributed by atoms with Crippen LogP contribution in [-0.4, -0.2) is 22.8 Å². The molecule has 2 aliphatic rings. The Morgan fingerprint density at radius 3 is 2.33 bits per heavy atom. The van der Waals surface area contributed by atoms with Gasteiger partial charge in [0.1, 0.15) is 11.6 Å². The molecule has 7 heteroatoms. The van der Waals surface area contributed by atoms with Crippen molar-refractivity contribution in [3.8, 4) is 5.75 Å². The Bertz CT molecular complexity index is 1130. The van der Waals surface area contributed by atoms with Crippen molar-refractivity contribution >= 4 is 17.6 Å². The fourth-order valence-corrected chi connectivity index (χ4v) is 5.05. The van der Waals surface area contributed by atoms with Crippen LogP contribution in [-0.2, 0) is 4.79 Å². The molecule has 0 bridgehead atoms. The average Bonchev–Trinajstić information content (AvgIpc) is 2.78. The highest BCUT2D eigenvalue weighted by molar-refractivity contribution is 6.09. The molecule has 33 heavy (non-hydrogen) atoms. The number of benzene rings is 2. The number of allylic oxidation sites excluding steroid dienone is 2. The summed E-state index contributed by atoms with van der Waals surface area (Å²) in [6.45, 7) is 3.51. The minimum Gasteiger partial charge on any atom is -0.508 e. The Kier molecular flexibility index (Phi) is 5.99. The fraction of sp³-hybridized carbons (Fsp3) is 0.308. The molecular weight excluding hydrogens is 436 g/mol. The smallest absolute Gasteiger partial charge is 0.413 e. The summed E-state index contributed by atoms with van der Waals surface area (Å²) in [6, 6.07) is 7.90. The van der Waals surface area contributed by atoms with Crippen LogP contribution < -0.4 is 0 Å². The third-order valence-electron chi connectivity index (χ3n) is 6.69. The maximum Gasteiger partial charge on any atom is 0.413 e. The lowest BCUT2D eigenvalue weighted by Gasteiger charge is -2.32. The van der Waals surface area contributed by atoms with Crippen LogP contribution in [0.1, 0.15) is 64.6 Å². The number of phenols is 1. The summed E-state index contributed by atoms with van der Waals surface area (Å²) in [5, 5.41) is 10.1. The number of rotatable bonds is 4. The molecule has 0 saturated heterocycles. The van der Waals surface area contributed by atoms with E-state index in [-0.39, 0.29) is 28.7 Å². The SMILES string of the molecule is C=CC(=O)C1CCC(c2cccc3c2C=C(C(F)(F)F)C(c2c(O)cccc2F)C3=O)CC1. The lowest BCUT2D eigenvalue weighted by Crippen LogP contribution is -2.30. The van der Waals surface area contributed by atoms with Crippen LogP contribution in [0, 0.1) is 11.7 Å². The molecule has 2 aromatic carbocycles. The van der Waals surface area contributed by atoms with E-state index in [1.54, 1.807) is 12.1 Å². The van der Waals surface area contributed by atoms with Gasteiger partial charge in [-0.15, -0.1) is 0 Å². The molecule has 1 unspecified atom stereocenters. The summed E-state index contributed by atoms with van der Waals surface area (Å²) in [5.41, 5.74) is -1.02. The minimum absolute atomic E-state index is 0.0366. The lowest BCUT2D eigenvalue weighted by molar-refractivity contribution is -0.119. The maximum atomic E-state index is 14.5. The Morgan fingerprint density at radius 1 is 1.06 bits per heavy atom. The van der Waals surface area contributed by atoms with Gasteiger partial charge in [0.2, 0.25) is 0 Å². The first-order chi connectivity index (χ1) is 15.6. The number of carbonyl (C=O) groups is 2. The Labute approximate surface area is 188 Å². The summed E-state index contributed by atoms with van der Waals surface area (Å²) in [6.07, 6.45) is -0.311. The van der Waals surface area contributed by atoms with Gasteiger partial charge in [0, 0.05) is 22.6 Å². The zero-order valence-electron chi connectivity index (χ0n) is 17.7. The molecule has 0 amide bonds. The van der Waals surface area contributed by atoms with Gasteiger partial charge in [-0.25, -0.2) is 4.39 Å². The highest BCUT2D eigenvalue weighted by Gasteiger charge is 2.47.